The second-order valence-corrected chi connectivity index (χ2v) is 3.04. The highest BCUT2D eigenvalue weighted by Crippen LogP contribution is 2.09. The molecule has 1 saturated heterocycles. The van der Waals surface area contributed by atoms with E-state index in [2.05, 4.69) is 0 Å². The summed E-state index contributed by atoms with van der Waals surface area (Å²) in [5.74, 6) is 0.0180. The molecule has 4 heteroatoms. The Bertz CT molecular complexity index is 153. The van der Waals surface area contributed by atoms with Gasteiger partial charge in [0.1, 0.15) is 6.61 Å². The third kappa shape index (κ3) is 4.58. The zero-order valence-corrected chi connectivity index (χ0v) is 9.32. The van der Waals surface area contributed by atoms with Crippen LogP contribution in [0, 0.1) is 0 Å². The molecule has 4 nitrogen and oxygen atoms in total. The van der Waals surface area contributed by atoms with Crippen molar-refractivity contribution < 1.29 is 14.6 Å². The molecule has 0 aromatic carbocycles. The number of methoxy groups -OCH3 is 1. The third-order valence-electron chi connectivity index (χ3n) is 2.08. The minimum absolute atomic E-state index is 0.0180. The van der Waals surface area contributed by atoms with Crippen molar-refractivity contribution in [3.05, 3.63) is 0 Å². The zero-order valence-electron chi connectivity index (χ0n) is 9.32. The molecule has 0 radical (unpaired) electrons. The van der Waals surface area contributed by atoms with E-state index in [4.69, 9.17) is 9.84 Å². The molecule has 1 rings (SSSR count). The first-order valence-electron chi connectivity index (χ1n) is 5.19. The molecule has 1 N–H and O–H groups in total. The summed E-state index contributed by atoms with van der Waals surface area (Å²) in [4.78, 5) is 13.0. The molecule has 1 aliphatic heterocycles. The fourth-order valence-electron chi connectivity index (χ4n) is 1.33. The number of likely N-dealkylation sites (tertiary alicyclic amines) is 1. The summed E-state index contributed by atoms with van der Waals surface area (Å²) >= 11 is 0. The summed E-state index contributed by atoms with van der Waals surface area (Å²) in [5, 5.41) is 9.17. The number of carbonyl (C=O) groups excluding carboxylic acids is 1. The molecule has 0 unspecified atom stereocenters. The Balaban J connectivity index is 0.000000791. The number of piperidine rings is 1. The third-order valence-corrected chi connectivity index (χ3v) is 2.08. The molecule has 0 spiro atoms. The normalized spacial score (nSPS) is 17.3. The van der Waals surface area contributed by atoms with Gasteiger partial charge in [0.05, 0.1) is 6.10 Å². The highest BCUT2D eigenvalue weighted by Gasteiger charge is 2.20. The van der Waals surface area contributed by atoms with Gasteiger partial charge in [0, 0.05) is 20.2 Å². The summed E-state index contributed by atoms with van der Waals surface area (Å²) < 4.78 is 4.73. The van der Waals surface area contributed by atoms with Crippen molar-refractivity contribution in [3.8, 4) is 0 Å². The summed E-state index contributed by atoms with van der Waals surface area (Å²) in [5.41, 5.74) is 0. The predicted molar refractivity (Wildman–Crippen MR) is 55.0 cm³/mol. The van der Waals surface area contributed by atoms with Gasteiger partial charge in [-0.05, 0) is 12.8 Å². The van der Waals surface area contributed by atoms with Crippen LogP contribution in [0.15, 0.2) is 0 Å². The topological polar surface area (TPSA) is 49.8 Å². The Kier molecular flexibility index (Phi) is 7.42. The van der Waals surface area contributed by atoms with Crippen molar-refractivity contribution in [2.45, 2.75) is 32.8 Å². The average Bonchev–Trinajstić information content (AvgIpc) is 2.22. The number of hydrogen-bond donors (Lipinski definition) is 1. The van der Waals surface area contributed by atoms with Crippen LogP contribution in [0.1, 0.15) is 26.7 Å². The summed E-state index contributed by atoms with van der Waals surface area (Å²) in [6, 6.07) is 0. The molecule has 0 aromatic heterocycles. The summed E-state index contributed by atoms with van der Waals surface area (Å²) in [6.07, 6.45) is 1.15. The second kappa shape index (κ2) is 7.76. The van der Waals surface area contributed by atoms with E-state index in [1.54, 1.807) is 4.90 Å². The maximum Gasteiger partial charge on any atom is 0.248 e. The molecule has 1 aliphatic rings. The van der Waals surface area contributed by atoms with Crippen molar-refractivity contribution in [2.75, 3.05) is 26.8 Å². The van der Waals surface area contributed by atoms with Gasteiger partial charge in [-0.25, -0.2) is 0 Å². The highest BCUT2D eigenvalue weighted by atomic mass is 16.5. The van der Waals surface area contributed by atoms with Gasteiger partial charge >= 0.3 is 0 Å². The first kappa shape index (κ1) is 13.4. The van der Waals surface area contributed by atoms with Crippen molar-refractivity contribution in [1.82, 2.24) is 4.90 Å². The molecular formula is C10H21NO3. The maximum atomic E-state index is 11.2. The summed E-state index contributed by atoms with van der Waals surface area (Å²) in [6.45, 7) is 5.46. The number of ether oxygens (including phenoxy) is 1. The van der Waals surface area contributed by atoms with Gasteiger partial charge in [0.25, 0.3) is 0 Å². The largest absolute Gasteiger partial charge is 0.393 e. The first-order chi connectivity index (χ1) is 6.74. The first-order valence-corrected chi connectivity index (χ1v) is 5.19. The zero-order chi connectivity index (χ0) is 11.0. The molecule has 1 fully saturated rings. The molecule has 14 heavy (non-hydrogen) atoms. The van der Waals surface area contributed by atoms with Crippen LogP contribution in [0.25, 0.3) is 0 Å². The predicted octanol–water partition coefficient (Wildman–Crippen LogP) is 0.642. The Morgan fingerprint density at radius 2 is 1.93 bits per heavy atom. The number of aliphatic hydroxyl groups is 1. The minimum atomic E-state index is -0.225. The second-order valence-electron chi connectivity index (χ2n) is 3.04. The molecule has 0 aliphatic carbocycles. The van der Waals surface area contributed by atoms with Gasteiger partial charge < -0.3 is 14.7 Å². The van der Waals surface area contributed by atoms with Crippen molar-refractivity contribution in [2.24, 2.45) is 0 Å². The van der Waals surface area contributed by atoms with Gasteiger partial charge in [0.2, 0.25) is 5.91 Å². The number of hydrogen-bond acceptors (Lipinski definition) is 3. The van der Waals surface area contributed by atoms with Gasteiger partial charge in [-0.1, -0.05) is 13.8 Å². The molecule has 0 saturated carbocycles. The smallest absolute Gasteiger partial charge is 0.248 e. The van der Waals surface area contributed by atoms with E-state index in [1.807, 2.05) is 13.8 Å². The van der Waals surface area contributed by atoms with E-state index >= 15 is 0 Å². The van der Waals surface area contributed by atoms with Gasteiger partial charge in [-0.3, -0.25) is 4.79 Å². The number of carbonyl (C=O) groups is 1. The Morgan fingerprint density at radius 1 is 1.43 bits per heavy atom. The lowest BCUT2D eigenvalue weighted by molar-refractivity contribution is -0.137. The Labute approximate surface area is 85.9 Å². The van der Waals surface area contributed by atoms with E-state index in [-0.39, 0.29) is 18.6 Å². The molecular weight excluding hydrogens is 182 g/mol. The van der Waals surface area contributed by atoms with E-state index in [9.17, 15) is 4.79 Å². The standard InChI is InChI=1S/C8H15NO3.C2H6/c1-12-6-8(11)9-4-2-7(10)3-5-9;1-2/h7,10H,2-6H2,1H3;1-2H3. The van der Waals surface area contributed by atoms with E-state index < -0.39 is 0 Å². The van der Waals surface area contributed by atoms with Crippen LogP contribution in [-0.2, 0) is 9.53 Å². The minimum Gasteiger partial charge on any atom is -0.393 e. The maximum absolute atomic E-state index is 11.2. The van der Waals surface area contributed by atoms with Gasteiger partial charge in [-0.2, -0.15) is 0 Å². The van der Waals surface area contributed by atoms with Crippen LogP contribution < -0.4 is 0 Å². The van der Waals surface area contributed by atoms with Crippen LogP contribution in [0.2, 0.25) is 0 Å². The quantitative estimate of drug-likeness (QED) is 0.716. The molecule has 0 bridgehead atoms. The van der Waals surface area contributed by atoms with Gasteiger partial charge in [-0.15, -0.1) is 0 Å². The van der Waals surface area contributed by atoms with Crippen molar-refractivity contribution >= 4 is 5.91 Å². The Morgan fingerprint density at radius 3 is 2.36 bits per heavy atom. The van der Waals surface area contributed by atoms with E-state index in [0.717, 1.165) is 0 Å². The van der Waals surface area contributed by atoms with Crippen molar-refractivity contribution in [3.63, 3.8) is 0 Å². The SMILES string of the molecule is CC.COCC(=O)N1CCC(O)CC1. The van der Waals surface area contributed by atoms with Gasteiger partial charge in [0.15, 0.2) is 0 Å². The van der Waals surface area contributed by atoms with E-state index in [1.165, 1.54) is 7.11 Å². The molecule has 1 amide bonds. The number of amides is 1. The lowest BCUT2D eigenvalue weighted by Crippen LogP contribution is -2.41. The molecule has 0 atom stereocenters. The monoisotopic (exact) mass is 203 g/mol. The molecule has 84 valence electrons. The number of nitrogens with zero attached hydrogens (tertiary/aromatic N) is 1. The lowest BCUT2D eigenvalue weighted by Gasteiger charge is -2.29. The molecule has 0 aromatic rings. The summed E-state index contributed by atoms with van der Waals surface area (Å²) in [7, 11) is 1.51. The average molecular weight is 203 g/mol. The fourth-order valence-corrected chi connectivity index (χ4v) is 1.33. The fraction of sp³-hybridized carbons (Fsp3) is 0.900. The highest BCUT2D eigenvalue weighted by molar-refractivity contribution is 5.77. The van der Waals surface area contributed by atoms with E-state index in [0.29, 0.717) is 25.9 Å². The lowest BCUT2D eigenvalue weighted by atomic mass is 10.1. The van der Waals surface area contributed by atoms with Crippen LogP contribution in [0.5, 0.6) is 0 Å². The Hall–Kier alpha value is -0.610. The number of rotatable bonds is 2. The van der Waals surface area contributed by atoms with Crippen LogP contribution in [0.4, 0.5) is 0 Å². The number of aliphatic hydroxyl groups excluding tert-OH is 1. The van der Waals surface area contributed by atoms with Crippen molar-refractivity contribution in [1.29, 1.82) is 0 Å². The molecule has 1 heterocycles. The van der Waals surface area contributed by atoms with Crippen LogP contribution in [0.3, 0.4) is 0 Å². The van der Waals surface area contributed by atoms with Crippen LogP contribution in [-0.4, -0.2) is 48.8 Å². The van der Waals surface area contributed by atoms with Crippen LogP contribution >= 0.6 is 0 Å².